The Morgan fingerprint density at radius 2 is 1.90 bits per heavy atom. The molecule has 20 heavy (non-hydrogen) atoms. The SMILES string of the molecule is CN(C)C(=O)CNc1nc(NN)nc(N2CCCC2)n1. The number of nitrogens with two attached hydrogens (primary N) is 1. The zero-order valence-corrected chi connectivity index (χ0v) is 11.8. The van der Waals surface area contributed by atoms with Crippen LogP contribution in [0, 0.1) is 0 Å². The summed E-state index contributed by atoms with van der Waals surface area (Å²) in [4.78, 5) is 27.8. The van der Waals surface area contributed by atoms with Crippen LogP contribution in [0.25, 0.3) is 0 Å². The lowest BCUT2D eigenvalue weighted by atomic mass is 10.4. The normalized spacial score (nSPS) is 14.2. The van der Waals surface area contributed by atoms with Crippen molar-refractivity contribution in [1.29, 1.82) is 0 Å². The fourth-order valence-electron chi connectivity index (χ4n) is 1.88. The molecule has 0 aliphatic carbocycles. The summed E-state index contributed by atoms with van der Waals surface area (Å²) in [5.41, 5.74) is 2.42. The highest BCUT2D eigenvalue weighted by molar-refractivity contribution is 5.79. The second kappa shape index (κ2) is 6.33. The standard InChI is InChI=1S/C11H20N8O/c1-18(2)8(20)7-13-9-14-10(17-12)16-11(15-9)19-5-3-4-6-19/h3-7,12H2,1-2H3,(H2,13,14,15,16,17). The van der Waals surface area contributed by atoms with E-state index < -0.39 is 0 Å². The molecule has 2 rings (SSSR count). The lowest BCUT2D eigenvalue weighted by molar-refractivity contribution is -0.126. The zero-order chi connectivity index (χ0) is 14.5. The van der Waals surface area contributed by atoms with Gasteiger partial charge in [-0.1, -0.05) is 0 Å². The van der Waals surface area contributed by atoms with Crippen LogP contribution in [0.2, 0.25) is 0 Å². The van der Waals surface area contributed by atoms with Crippen LogP contribution in [0.3, 0.4) is 0 Å². The summed E-state index contributed by atoms with van der Waals surface area (Å²) >= 11 is 0. The highest BCUT2D eigenvalue weighted by Gasteiger charge is 2.17. The van der Waals surface area contributed by atoms with E-state index in [0.29, 0.717) is 11.9 Å². The van der Waals surface area contributed by atoms with E-state index in [4.69, 9.17) is 5.84 Å². The van der Waals surface area contributed by atoms with Crippen molar-refractivity contribution < 1.29 is 4.79 Å². The summed E-state index contributed by atoms with van der Waals surface area (Å²) in [6.07, 6.45) is 2.25. The van der Waals surface area contributed by atoms with Gasteiger partial charge in [-0.3, -0.25) is 10.2 Å². The van der Waals surface area contributed by atoms with Crippen LogP contribution in [0.15, 0.2) is 0 Å². The number of likely N-dealkylation sites (N-methyl/N-ethyl adjacent to an activating group) is 1. The molecule has 0 spiro atoms. The average molecular weight is 280 g/mol. The maximum atomic E-state index is 11.6. The number of aromatic nitrogens is 3. The maximum absolute atomic E-state index is 11.6. The van der Waals surface area contributed by atoms with E-state index in [2.05, 4.69) is 30.6 Å². The predicted molar refractivity (Wildman–Crippen MR) is 76.3 cm³/mol. The molecular formula is C11H20N8O. The summed E-state index contributed by atoms with van der Waals surface area (Å²) in [6.45, 7) is 1.97. The van der Waals surface area contributed by atoms with E-state index in [1.54, 1.807) is 14.1 Å². The summed E-state index contributed by atoms with van der Waals surface area (Å²) in [5.74, 6) is 6.50. The van der Waals surface area contributed by atoms with Crippen LogP contribution in [0.4, 0.5) is 17.8 Å². The van der Waals surface area contributed by atoms with Gasteiger partial charge in [-0.25, -0.2) is 5.84 Å². The van der Waals surface area contributed by atoms with E-state index in [1.807, 2.05) is 0 Å². The van der Waals surface area contributed by atoms with Gasteiger partial charge in [0.2, 0.25) is 23.8 Å². The fraction of sp³-hybridized carbons (Fsp3) is 0.636. The van der Waals surface area contributed by atoms with Crippen LogP contribution in [0.5, 0.6) is 0 Å². The molecule has 0 radical (unpaired) electrons. The topological polar surface area (TPSA) is 112 Å². The molecule has 2 heterocycles. The van der Waals surface area contributed by atoms with Gasteiger partial charge in [0.1, 0.15) is 0 Å². The number of carbonyl (C=O) groups is 1. The molecule has 1 aliphatic rings. The molecule has 9 heteroatoms. The fourth-order valence-corrected chi connectivity index (χ4v) is 1.88. The number of amides is 1. The first-order valence-electron chi connectivity index (χ1n) is 6.52. The Morgan fingerprint density at radius 3 is 2.50 bits per heavy atom. The van der Waals surface area contributed by atoms with E-state index >= 15 is 0 Å². The predicted octanol–water partition coefficient (Wildman–Crippen LogP) is -0.742. The van der Waals surface area contributed by atoms with Gasteiger partial charge in [0.05, 0.1) is 6.54 Å². The summed E-state index contributed by atoms with van der Waals surface area (Å²) in [6, 6.07) is 0. The van der Waals surface area contributed by atoms with Crippen molar-refractivity contribution in [3.8, 4) is 0 Å². The van der Waals surface area contributed by atoms with Crippen LogP contribution >= 0.6 is 0 Å². The van der Waals surface area contributed by atoms with E-state index in [9.17, 15) is 4.79 Å². The average Bonchev–Trinajstić information content (AvgIpc) is 2.98. The Bertz CT molecular complexity index is 471. The number of carbonyl (C=O) groups excluding carboxylic acids is 1. The van der Waals surface area contributed by atoms with Gasteiger partial charge >= 0.3 is 0 Å². The minimum Gasteiger partial charge on any atom is -0.347 e. The van der Waals surface area contributed by atoms with Gasteiger partial charge in [-0.2, -0.15) is 15.0 Å². The Morgan fingerprint density at radius 1 is 1.25 bits per heavy atom. The van der Waals surface area contributed by atoms with Gasteiger partial charge in [-0.15, -0.1) is 0 Å². The molecule has 1 aliphatic heterocycles. The highest BCUT2D eigenvalue weighted by Crippen LogP contribution is 2.18. The lowest BCUT2D eigenvalue weighted by Gasteiger charge is -2.17. The van der Waals surface area contributed by atoms with Gasteiger partial charge in [-0.05, 0) is 12.8 Å². The first kappa shape index (κ1) is 14.3. The van der Waals surface area contributed by atoms with Crippen LogP contribution in [0.1, 0.15) is 12.8 Å². The third-order valence-electron chi connectivity index (χ3n) is 3.04. The number of hydrogen-bond donors (Lipinski definition) is 3. The number of nitrogens with one attached hydrogen (secondary N) is 2. The number of hydrogen-bond acceptors (Lipinski definition) is 8. The van der Waals surface area contributed by atoms with Gasteiger partial charge < -0.3 is 15.1 Å². The molecule has 0 unspecified atom stereocenters. The molecule has 1 saturated heterocycles. The highest BCUT2D eigenvalue weighted by atomic mass is 16.2. The molecule has 1 amide bonds. The Labute approximate surface area is 117 Å². The second-order valence-corrected chi connectivity index (χ2v) is 4.76. The minimum atomic E-state index is -0.0598. The maximum Gasteiger partial charge on any atom is 0.243 e. The Hall–Kier alpha value is -2.16. The largest absolute Gasteiger partial charge is 0.347 e. The molecule has 110 valence electrons. The molecular weight excluding hydrogens is 260 g/mol. The molecule has 1 aromatic heterocycles. The smallest absolute Gasteiger partial charge is 0.243 e. The summed E-state index contributed by atoms with van der Waals surface area (Å²) in [7, 11) is 3.39. The zero-order valence-electron chi connectivity index (χ0n) is 11.8. The molecule has 0 aromatic carbocycles. The molecule has 0 atom stereocenters. The van der Waals surface area contributed by atoms with Crippen molar-refractivity contribution in [1.82, 2.24) is 19.9 Å². The van der Waals surface area contributed by atoms with Crippen LogP contribution in [-0.2, 0) is 4.79 Å². The van der Waals surface area contributed by atoms with Crippen LogP contribution in [-0.4, -0.2) is 59.5 Å². The van der Waals surface area contributed by atoms with Crippen molar-refractivity contribution in [3.05, 3.63) is 0 Å². The van der Waals surface area contributed by atoms with Crippen molar-refractivity contribution in [2.24, 2.45) is 5.84 Å². The van der Waals surface area contributed by atoms with Crippen molar-refractivity contribution >= 4 is 23.8 Å². The van der Waals surface area contributed by atoms with Crippen LogP contribution < -0.4 is 21.5 Å². The monoisotopic (exact) mass is 280 g/mol. The lowest BCUT2D eigenvalue weighted by Crippen LogP contribution is -2.29. The molecule has 1 fully saturated rings. The first-order valence-corrected chi connectivity index (χ1v) is 6.52. The third kappa shape index (κ3) is 3.44. The first-order chi connectivity index (χ1) is 9.60. The number of nitrogen functional groups attached to an aromatic ring is 1. The van der Waals surface area contributed by atoms with Crippen molar-refractivity contribution in [2.45, 2.75) is 12.8 Å². The Kier molecular flexibility index (Phi) is 4.51. The van der Waals surface area contributed by atoms with Gasteiger partial charge in [0.15, 0.2) is 0 Å². The third-order valence-corrected chi connectivity index (χ3v) is 3.04. The van der Waals surface area contributed by atoms with Gasteiger partial charge in [0, 0.05) is 27.2 Å². The number of hydrazine groups is 1. The van der Waals surface area contributed by atoms with E-state index in [0.717, 1.165) is 25.9 Å². The summed E-state index contributed by atoms with van der Waals surface area (Å²) < 4.78 is 0. The molecule has 9 nitrogen and oxygen atoms in total. The number of nitrogens with zero attached hydrogens (tertiary/aromatic N) is 5. The number of rotatable bonds is 5. The minimum absolute atomic E-state index is 0.0598. The molecule has 0 bridgehead atoms. The summed E-state index contributed by atoms with van der Waals surface area (Å²) in [5, 5.41) is 2.89. The molecule has 0 saturated carbocycles. The van der Waals surface area contributed by atoms with Crippen molar-refractivity contribution in [3.63, 3.8) is 0 Å². The second-order valence-electron chi connectivity index (χ2n) is 4.76. The molecule has 4 N–H and O–H groups in total. The van der Waals surface area contributed by atoms with E-state index in [1.165, 1.54) is 4.90 Å². The molecule has 1 aromatic rings. The van der Waals surface area contributed by atoms with E-state index in [-0.39, 0.29) is 18.4 Å². The van der Waals surface area contributed by atoms with Crippen molar-refractivity contribution in [2.75, 3.05) is 49.4 Å². The Balaban J connectivity index is 2.11. The quantitative estimate of drug-likeness (QED) is 0.477. The van der Waals surface area contributed by atoms with Gasteiger partial charge in [0.25, 0.3) is 0 Å². The number of anilines is 3.